The minimum atomic E-state index is -0.173. The van der Waals surface area contributed by atoms with E-state index >= 15 is 0 Å². The fraction of sp³-hybridized carbons (Fsp3) is 0.500. The van der Waals surface area contributed by atoms with Crippen LogP contribution in [0.2, 0.25) is 0 Å². The maximum absolute atomic E-state index is 12.5. The van der Waals surface area contributed by atoms with Crippen molar-refractivity contribution in [3.05, 3.63) is 34.9 Å². The van der Waals surface area contributed by atoms with Gasteiger partial charge in [-0.1, -0.05) is 31.8 Å². The van der Waals surface area contributed by atoms with Crippen LogP contribution in [0.15, 0.2) is 18.2 Å². The zero-order chi connectivity index (χ0) is 15.4. The van der Waals surface area contributed by atoms with E-state index in [0.717, 1.165) is 17.5 Å². The lowest BCUT2D eigenvalue weighted by molar-refractivity contribution is 0.0926. The Bertz CT molecular complexity index is 583. The highest BCUT2D eigenvalue weighted by atomic mass is 16.2. The fourth-order valence-corrected chi connectivity index (χ4v) is 2.97. The molecule has 1 amide bonds. The lowest BCUT2D eigenvalue weighted by Gasteiger charge is -2.20. The lowest BCUT2D eigenvalue weighted by atomic mass is 9.97. The molecule has 1 aromatic rings. The molecule has 3 atom stereocenters. The summed E-state index contributed by atoms with van der Waals surface area (Å²) >= 11 is 0. The number of hydrogen-bond donors (Lipinski definition) is 2. The molecule has 3 heteroatoms. The normalized spacial score (nSPS) is 24.3. The number of hydrogen-bond acceptors (Lipinski definition) is 2. The van der Waals surface area contributed by atoms with Crippen molar-refractivity contribution in [2.45, 2.75) is 39.7 Å². The van der Waals surface area contributed by atoms with Gasteiger partial charge in [-0.15, -0.1) is 0 Å². The molecule has 0 bridgehead atoms. The zero-order valence-electron chi connectivity index (χ0n) is 12.9. The van der Waals surface area contributed by atoms with E-state index in [4.69, 9.17) is 5.11 Å². The van der Waals surface area contributed by atoms with E-state index < -0.39 is 0 Å². The first kappa shape index (κ1) is 15.6. The molecule has 1 aliphatic carbocycles. The van der Waals surface area contributed by atoms with E-state index in [-0.39, 0.29) is 18.6 Å². The van der Waals surface area contributed by atoms with Crippen molar-refractivity contribution in [3.8, 4) is 11.8 Å². The van der Waals surface area contributed by atoms with Crippen LogP contribution in [0.1, 0.15) is 48.2 Å². The number of carbonyl (C=O) groups excluding carboxylic acids is 1. The SMILES string of the molecule is Cc1c(C#CCO)cccc1C(=O)NC1CCC(C)C1C. The molecule has 1 fully saturated rings. The van der Waals surface area contributed by atoms with Crippen LogP contribution >= 0.6 is 0 Å². The summed E-state index contributed by atoms with van der Waals surface area (Å²) in [6, 6.07) is 5.80. The Balaban J connectivity index is 2.16. The predicted molar refractivity (Wildman–Crippen MR) is 84.0 cm³/mol. The molecule has 0 radical (unpaired) electrons. The number of carbonyl (C=O) groups is 1. The highest BCUT2D eigenvalue weighted by molar-refractivity contribution is 5.96. The lowest BCUT2D eigenvalue weighted by Crippen LogP contribution is -2.37. The highest BCUT2D eigenvalue weighted by Crippen LogP contribution is 2.31. The molecule has 21 heavy (non-hydrogen) atoms. The maximum Gasteiger partial charge on any atom is 0.251 e. The number of aliphatic hydroxyl groups excluding tert-OH is 1. The molecule has 0 heterocycles. The second kappa shape index (κ2) is 6.78. The van der Waals surface area contributed by atoms with Gasteiger partial charge < -0.3 is 10.4 Å². The van der Waals surface area contributed by atoms with E-state index in [1.807, 2.05) is 25.1 Å². The Morgan fingerprint density at radius 3 is 2.76 bits per heavy atom. The maximum atomic E-state index is 12.5. The first-order chi connectivity index (χ1) is 10.0. The summed E-state index contributed by atoms with van der Waals surface area (Å²) in [7, 11) is 0. The zero-order valence-corrected chi connectivity index (χ0v) is 12.9. The molecule has 0 spiro atoms. The third-order valence-corrected chi connectivity index (χ3v) is 4.66. The first-order valence-electron chi connectivity index (χ1n) is 7.54. The number of amides is 1. The van der Waals surface area contributed by atoms with Crippen LogP contribution in [0.3, 0.4) is 0 Å². The summed E-state index contributed by atoms with van der Waals surface area (Å²) in [5.41, 5.74) is 2.34. The van der Waals surface area contributed by atoms with Crippen molar-refractivity contribution in [2.24, 2.45) is 11.8 Å². The van der Waals surface area contributed by atoms with Crippen molar-refractivity contribution in [1.82, 2.24) is 5.32 Å². The Kier molecular flexibility index (Phi) is 5.03. The smallest absolute Gasteiger partial charge is 0.251 e. The summed E-state index contributed by atoms with van der Waals surface area (Å²) in [6.45, 7) is 6.18. The van der Waals surface area contributed by atoms with E-state index in [2.05, 4.69) is 31.0 Å². The quantitative estimate of drug-likeness (QED) is 0.820. The van der Waals surface area contributed by atoms with Crippen LogP contribution < -0.4 is 5.32 Å². The highest BCUT2D eigenvalue weighted by Gasteiger charge is 2.31. The molecule has 0 aliphatic heterocycles. The summed E-state index contributed by atoms with van der Waals surface area (Å²) in [5.74, 6) is 6.68. The van der Waals surface area contributed by atoms with Crippen LogP contribution in [0.25, 0.3) is 0 Å². The van der Waals surface area contributed by atoms with E-state index in [1.54, 1.807) is 0 Å². The molecular formula is C18H23NO2. The topological polar surface area (TPSA) is 49.3 Å². The molecule has 2 rings (SSSR count). The van der Waals surface area contributed by atoms with E-state index in [9.17, 15) is 4.79 Å². The van der Waals surface area contributed by atoms with Gasteiger partial charge in [0.15, 0.2) is 0 Å². The van der Waals surface area contributed by atoms with Crippen molar-refractivity contribution < 1.29 is 9.90 Å². The van der Waals surface area contributed by atoms with Crippen molar-refractivity contribution >= 4 is 5.91 Å². The number of rotatable bonds is 2. The van der Waals surface area contributed by atoms with Gasteiger partial charge >= 0.3 is 0 Å². The first-order valence-corrected chi connectivity index (χ1v) is 7.54. The Morgan fingerprint density at radius 2 is 2.14 bits per heavy atom. The molecule has 0 saturated heterocycles. The molecular weight excluding hydrogens is 262 g/mol. The molecule has 0 aromatic heterocycles. The largest absolute Gasteiger partial charge is 0.384 e. The summed E-state index contributed by atoms with van der Waals surface area (Å²) in [5, 5.41) is 12.0. The van der Waals surface area contributed by atoms with Crippen molar-refractivity contribution in [2.75, 3.05) is 6.61 Å². The van der Waals surface area contributed by atoms with Gasteiger partial charge in [0, 0.05) is 17.2 Å². The Hall–Kier alpha value is -1.79. The molecule has 3 nitrogen and oxygen atoms in total. The fourth-order valence-electron chi connectivity index (χ4n) is 2.97. The van der Waals surface area contributed by atoms with Crippen molar-refractivity contribution in [1.29, 1.82) is 0 Å². The van der Waals surface area contributed by atoms with Gasteiger partial charge in [-0.3, -0.25) is 4.79 Å². The summed E-state index contributed by atoms with van der Waals surface area (Å²) in [4.78, 5) is 12.5. The van der Waals surface area contributed by atoms with E-state index in [1.165, 1.54) is 6.42 Å². The monoisotopic (exact) mass is 285 g/mol. The van der Waals surface area contributed by atoms with Crippen LogP contribution in [0.5, 0.6) is 0 Å². The van der Waals surface area contributed by atoms with Gasteiger partial charge in [0.25, 0.3) is 5.91 Å². The average molecular weight is 285 g/mol. The average Bonchev–Trinajstić information content (AvgIpc) is 2.78. The number of aliphatic hydroxyl groups is 1. The van der Waals surface area contributed by atoms with Crippen LogP contribution in [-0.4, -0.2) is 23.7 Å². The van der Waals surface area contributed by atoms with Gasteiger partial charge in [-0.25, -0.2) is 0 Å². The molecule has 2 N–H and O–H groups in total. The third kappa shape index (κ3) is 3.46. The second-order valence-corrected chi connectivity index (χ2v) is 5.93. The molecule has 1 aromatic carbocycles. The van der Waals surface area contributed by atoms with Gasteiger partial charge in [0.2, 0.25) is 0 Å². The molecule has 3 unspecified atom stereocenters. The van der Waals surface area contributed by atoms with Crippen LogP contribution in [0.4, 0.5) is 0 Å². The number of benzene rings is 1. The van der Waals surface area contributed by atoms with Gasteiger partial charge in [-0.05, 0) is 49.3 Å². The Labute approximate surface area is 126 Å². The van der Waals surface area contributed by atoms with Crippen LogP contribution in [-0.2, 0) is 0 Å². The van der Waals surface area contributed by atoms with Gasteiger partial charge in [0.1, 0.15) is 6.61 Å². The second-order valence-electron chi connectivity index (χ2n) is 5.93. The van der Waals surface area contributed by atoms with Gasteiger partial charge in [0.05, 0.1) is 0 Å². The molecule has 1 saturated carbocycles. The minimum absolute atomic E-state index is 0.0221. The standard InChI is InChI=1S/C18H23NO2/c1-12-9-10-17(13(12)2)19-18(21)16-8-4-6-15(14(16)3)7-5-11-20/h4,6,8,12-13,17,20H,9-11H2,1-3H3,(H,19,21). The minimum Gasteiger partial charge on any atom is -0.384 e. The van der Waals surface area contributed by atoms with E-state index in [0.29, 0.717) is 17.4 Å². The summed E-state index contributed by atoms with van der Waals surface area (Å²) < 4.78 is 0. The summed E-state index contributed by atoms with van der Waals surface area (Å²) in [6.07, 6.45) is 2.23. The van der Waals surface area contributed by atoms with Crippen LogP contribution in [0, 0.1) is 30.6 Å². The van der Waals surface area contributed by atoms with Crippen molar-refractivity contribution in [3.63, 3.8) is 0 Å². The number of nitrogens with one attached hydrogen (secondary N) is 1. The third-order valence-electron chi connectivity index (χ3n) is 4.66. The van der Waals surface area contributed by atoms with Gasteiger partial charge in [-0.2, -0.15) is 0 Å². The molecule has 112 valence electrons. The predicted octanol–water partition coefficient (Wildman–Crippen LogP) is 2.50. The molecule has 1 aliphatic rings. The Morgan fingerprint density at radius 1 is 1.38 bits per heavy atom.